The molecule has 0 aromatic heterocycles. The van der Waals surface area contributed by atoms with E-state index in [-0.39, 0.29) is 24.6 Å². The molecule has 10 nitrogen and oxygen atoms in total. The van der Waals surface area contributed by atoms with Crippen molar-refractivity contribution in [2.45, 2.75) is 0 Å². The summed E-state index contributed by atoms with van der Waals surface area (Å²) in [5.41, 5.74) is 0. The Morgan fingerprint density at radius 2 is 0.583 bits per heavy atom. The molecule has 0 spiro atoms. The Bertz CT molecular complexity index is 75.5. The van der Waals surface area contributed by atoms with Gasteiger partial charge in [-0.2, -0.15) is 0 Å². The number of hydrogen-bond donors (Lipinski definition) is 4. The SMILES string of the molecule is O=[Si]([O-])[O-].O=[Si]([O-])[O-].[NH4+].[NH4+].[NH4+].[NH4+]. The first-order valence-corrected chi connectivity index (χ1v) is 3.67. The molecule has 12 heavy (non-hydrogen) atoms. The van der Waals surface area contributed by atoms with Crippen LogP contribution in [0.3, 0.4) is 0 Å². The van der Waals surface area contributed by atoms with Gasteiger partial charge in [0.25, 0.3) is 0 Å². The third kappa shape index (κ3) is 689. The Labute approximate surface area is 72.0 Å². The quantitative estimate of drug-likeness (QED) is 0.295. The third-order valence-electron chi connectivity index (χ3n) is 0. The third-order valence-corrected chi connectivity index (χ3v) is 0. The van der Waals surface area contributed by atoms with Gasteiger partial charge in [0.2, 0.25) is 0 Å². The Kier molecular flexibility index (Phi) is 117. The van der Waals surface area contributed by atoms with Gasteiger partial charge < -0.3 is 52.7 Å². The first-order chi connectivity index (χ1) is 3.46. The lowest BCUT2D eigenvalue weighted by Gasteiger charge is -1.95. The van der Waals surface area contributed by atoms with Crippen LogP contribution >= 0.6 is 0 Å². The van der Waals surface area contributed by atoms with Crippen LogP contribution in [0.4, 0.5) is 0 Å². The van der Waals surface area contributed by atoms with Gasteiger partial charge in [0.1, 0.15) is 0 Å². The Morgan fingerprint density at radius 1 is 0.583 bits per heavy atom. The Balaban J connectivity index is -0.0000000112. The first-order valence-electron chi connectivity index (χ1n) is 1.22. The molecule has 16 N–H and O–H groups in total. The molecule has 0 atom stereocenters. The zero-order chi connectivity index (χ0) is 7.15. The smallest absolute Gasteiger partial charge is 0.0172 e. The van der Waals surface area contributed by atoms with Crippen molar-refractivity contribution in [1.82, 2.24) is 24.6 Å². The van der Waals surface area contributed by atoms with Crippen molar-refractivity contribution in [1.29, 1.82) is 0 Å². The summed E-state index contributed by atoms with van der Waals surface area (Å²) >= 11 is 0. The lowest BCUT2D eigenvalue weighted by molar-refractivity contribution is -0.356. The van der Waals surface area contributed by atoms with Crippen LogP contribution in [-0.4, -0.2) is 18.3 Å². The maximum Gasteiger partial charge on any atom is 0.0172 e. The highest BCUT2D eigenvalue weighted by atomic mass is 28.3. The molecule has 0 heterocycles. The van der Waals surface area contributed by atoms with E-state index in [1.807, 2.05) is 0 Å². The molecule has 80 valence electrons. The van der Waals surface area contributed by atoms with E-state index in [1.165, 1.54) is 0 Å². The molecule has 0 unspecified atom stereocenters. The maximum atomic E-state index is 8.52. The fourth-order valence-corrected chi connectivity index (χ4v) is 0. The predicted molar refractivity (Wildman–Crippen MR) is 36.8 cm³/mol. The predicted octanol–water partition coefficient (Wildman–Crippen LogP) is -4.25. The van der Waals surface area contributed by atoms with E-state index < -0.39 is 18.3 Å². The van der Waals surface area contributed by atoms with Crippen LogP contribution in [-0.2, 0) is 8.92 Å². The topological polar surface area (TPSA) is 272 Å². The van der Waals surface area contributed by atoms with Gasteiger partial charge in [0.15, 0.2) is 0 Å². The fraction of sp³-hybridized carbons (Fsp3) is 0. The van der Waals surface area contributed by atoms with Crippen molar-refractivity contribution in [3.8, 4) is 0 Å². The van der Waals surface area contributed by atoms with E-state index in [4.69, 9.17) is 28.1 Å². The first kappa shape index (κ1) is 43.7. The Morgan fingerprint density at radius 3 is 0.583 bits per heavy atom. The highest BCUT2D eigenvalue weighted by molar-refractivity contribution is 6.17. The van der Waals surface area contributed by atoms with E-state index in [1.54, 1.807) is 0 Å². The summed E-state index contributed by atoms with van der Waals surface area (Å²) in [5, 5.41) is 0. The average Bonchev–Trinajstić information content (AvgIpc) is 1.25. The van der Waals surface area contributed by atoms with Crippen LogP contribution in [0.1, 0.15) is 0 Å². The van der Waals surface area contributed by atoms with Gasteiger partial charge in [-0.3, -0.25) is 0 Å². The molecule has 0 rings (SSSR count). The lowest BCUT2D eigenvalue weighted by atomic mass is 14.0. The number of hydrogen-bond acceptors (Lipinski definition) is 6. The van der Waals surface area contributed by atoms with Crippen LogP contribution in [0.15, 0.2) is 0 Å². The molecular weight excluding hydrogens is 208 g/mol. The van der Waals surface area contributed by atoms with Crippen LogP contribution < -0.4 is 43.8 Å². The lowest BCUT2D eigenvalue weighted by Crippen LogP contribution is -2.34. The summed E-state index contributed by atoms with van der Waals surface area (Å²) in [6.07, 6.45) is 0. The van der Waals surface area contributed by atoms with E-state index in [0.29, 0.717) is 0 Å². The Hall–Kier alpha value is -0.926. The normalized spacial score (nSPS) is 4.00. The second kappa shape index (κ2) is 32.2. The second-order valence-electron chi connectivity index (χ2n) is 0.500. The molecule has 0 aromatic rings. The monoisotopic (exact) mass is 224 g/mol. The summed E-state index contributed by atoms with van der Waals surface area (Å²) in [6, 6.07) is 0. The molecule has 0 bridgehead atoms. The molecule has 0 amide bonds. The van der Waals surface area contributed by atoms with Crippen molar-refractivity contribution < 1.29 is 28.1 Å². The summed E-state index contributed by atoms with van der Waals surface area (Å²) < 4.78 is 17.0. The zero-order valence-corrected chi connectivity index (χ0v) is 9.45. The van der Waals surface area contributed by atoms with Gasteiger partial charge in [0.05, 0.1) is 0 Å². The van der Waals surface area contributed by atoms with Crippen LogP contribution in [0.5, 0.6) is 0 Å². The van der Waals surface area contributed by atoms with Gasteiger partial charge in [-0.1, -0.05) is 0 Å². The molecule has 0 saturated heterocycles. The molecule has 0 saturated carbocycles. The van der Waals surface area contributed by atoms with Gasteiger partial charge in [-0.05, 0) is 0 Å². The summed E-state index contributed by atoms with van der Waals surface area (Å²) in [4.78, 5) is 34.1. The molecule has 0 radical (unpaired) electrons. The highest BCUT2D eigenvalue weighted by Gasteiger charge is 1.29. The fourth-order valence-electron chi connectivity index (χ4n) is 0. The molecule has 12 heteroatoms. The van der Waals surface area contributed by atoms with Gasteiger partial charge in [-0.15, -0.1) is 0 Å². The zero-order valence-electron chi connectivity index (χ0n) is 7.45. The minimum Gasteiger partial charge on any atom is -0.672 e. The van der Waals surface area contributed by atoms with Crippen molar-refractivity contribution in [3.05, 3.63) is 0 Å². The molecule has 0 fully saturated rings. The summed E-state index contributed by atoms with van der Waals surface area (Å²) in [6.45, 7) is 0. The summed E-state index contributed by atoms with van der Waals surface area (Å²) in [5.74, 6) is 0. The van der Waals surface area contributed by atoms with Gasteiger partial charge in [-0.25, -0.2) is 0 Å². The van der Waals surface area contributed by atoms with Crippen molar-refractivity contribution in [3.63, 3.8) is 0 Å². The van der Waals surface area contributed by atoms with Crippen molar-refractivity contribution in [2.24, 2.45) is 0 Å². The largest absolute Gasteiger partial charge is 0.672 e. The van der Waals surface area contributed by atoms with E-state index in [9.17, 15) is 0 Å². The number of quaternary nitrogens is 4. The molecular formula is H16N4O6Si2. The van der Waals surface area contributed by atoms with Crippen molar-refractivity contribution >= 4 is 18.3 Å². The number of rotatable bonds is 0. The second-order valence-corrected chi connectivity index (χ2v) is 1.50. The van der Waals surface area contributed by atoms with Crippen molar-refractivity contribution in [2.75, 3.05) is 0 Å². The minimum atomic E-state index is -3.63. The average molecular weight is 224 g/mol. The van der Waals surface area contributed by atoms with Gasteiger partial charge in [0, 0.05) is 18.3 Å². The molecule has 0 aromatic carbocycles. The van der Waals surface area contributed by atoms with E-state index >= 15 is 0 Å². The minimum absolute atomic E-state index is 0. The van der Waals surface area contributed by atoms with Crippen LogP contribution in [0.2, 0.25) is 0 Å². The van der Waals surface area contributed by atoms with E-state index in [2.05, 4.69) is 0 Å². The van der Waals surface area contributed by atoms with Crippen LogP contribution in [0.25, 0.3) is 0 Å². The molecule has 0 aliphatic heterocycles. The van der Waals surface area contributed by atoms with Crippen LogP contribution in [0, 0.1) is 0 Å². The molecule has 0 aliphatic carbocycles. The van der Waals surface area contributed by atoms with Gasteiger partial charge >= 0.3 is 0 Å². The van der Waals surface area contributed by atoms with E-state index in [0.717, 1.165) is 0 Å². The maximum absolute atomic E-state index is 8.52. The summed E-state index contributed by atoms with van der Waals surface area (Å²) in [7, 11) is -7.26. The molecule has 0 aliphatic rings. The highest BCUT2D eigenvalue weighted by Crippen LogP contribution is 0.993. The standard InChI is InChI=1S/4H3N.2O3Si/c;;;;2*1-4(2)3/h4*1H3;;/q;;;;2*-2/p+4.